The largest absolute Gasteiger partial charge is 0.478 e. The molecule has 0 saturated carbocycles. The minimum Gasteiger partial charge on any atom is -0.478 e. The average molecular weight is 424 g/mol. The van der Waals surface area contributed by atoms with Crippen molar-refractivity contribution in [3.63, 3.8) is 0 Å². The highest BCUT2D eigenvalue weighted by Gasteiger charge is 2.50. The molecule has 0 bridgehead atoms. The molecule has 0 spiro atoms. The molecule has 0 aromatic heterocycles. The lowest BCUT2D eigenvalue weighted by Gasteiger charge is -2.46. The summed E-state index contributed by atoms with van der Waals surface area (Å²) in [5.74, 6) is 0.513. The van der Waals surface area contributed by atoms with Crippen molar-refractivity contribution in [2.24, 2.45) is 0 Å². The van der Waals surface area contributed by atoms with Crippen LogP contribution in [0.25, 0.3) is 10.8 Å². The number of amides is 1. The van der Waals surface area contributed by atoms with Crippen LogP contribution in [-0.2, 0) is 11.3 Å². The van der Waals surface area contributed by atoms with E-state index in [0.717, 1.165) is 21.9 Å². The topological polar surface area (TPSA) is 72.7 Å². The van der Waals surface area contributed by atoms with Crippen molar-refractivity contribution in [2.75, 3.05) is 0 Å². The van der Waals surface area contributed by atoms with Gasteiger partial charge in [-0.15, -0.1) is 0 Å². The van der Waals surface area contributed by atoms with Crippen molar-refractivity contribution in [3.05, 3.63) is 118 Å². The number of fused-ring (bicyclic) bond motifs is 1. The van der Waals surface area contributed by atoms with E-state index in [0.29, 0.717) is 12.3 Å². The first-order valence-corrected chi connectivity index (χ1v) is 10.3. The third-order valence-electron chi connectivity index (χ3n) is 5.77. The molecule has 0 radical (unpaired) electrons. The van der Waals surface area contributed by atoms with Crippen LogP contribution in [0.4, 0.5) is 5.69 Å². The zero-order valence-corrected chi connectivity index (χ0v) is 17.1. The fraction of sp³-hybridized carbons (Fsp3) is 0.115. The van der Waals surface area contributed by atoms with Gasteiger partial charge >= 0.3 is 0 Å². The summed E-state index contributed by atoms with van der Waals surface area (Å²) in [6.45, 7) is 0.443. The van der Waals surface area contributed by atoms with Gasteiger partial charge in [0.15, 0.2) is 0 Å². The molecule has 4 aromatic rings. The van der Waals surface area contributed by atoms with E-state index < -0.39 is 11.0 Å². The standard InChI is InChI=1S/C26H20N2O4/c29-26-25(32-23-15-12-19-8-4-5-9-21(19)16-23)24(20-10-13-22(14-11-20)28(30)31)27(26)17-18-6-2-1-3-7-18/h1-16,24-25H,17H2. The maximum absolute atomic E-state index is 13.1. The number of carbonyl (C=O) groups is 1. The second-order valence-corrected chi connectivity index (χ2v) is 7.79. The van der Waals surface area contributed by atoms with Crippen molar-refractivity contribution in [3.8, 4) is 5.75 Å². The van der Waals surface area contributed by atoms with Crippen molar-refractivity contribution < 1.29 is 14.5 Å². The summed E-state index contributed by atoms with van der Waals surface area (Å²) in [7, 11) is 0. The summed E-state index contributed by atoms with van der Waals surface area (Å²) >= 11 is 0. The maximum Gasteiger partial charge on any atom is 0.269 e. The second-order valence-electron chi connectivity index (χ2n) is 7.79. The first-order valence-electron chi connectivity index (χ1n) is 10.3. The molecule has 1 aliphatic rings. The molecule has 6 nitrogen and oxygen atoms in total. The zero-order chi connectivity index (χ0) is 22.1. The van der Waals surface area contributed by atoms with Gasteiger partial charge < -0.3 is 9.64 Å². The van der Waals surface area contributed by atoms with E-state index in [1.807, 2.05) is 72.8 Å². The zero-order valence-electron chi connectivity index (χ0n) is 17.1. The van der Waals surface area contributed by atoms with Crippen LogP contribution in [0.3, 0.4) is 0 Å². The molecular formula is C26H20N2O4. The molecule has 1 heterocycles. The molecular weight excluding hydrogens is 404 g/mol. The number of hydrogen-bond acceptors (Lipinski definition) is 4. The van der Waals surface area contributed by atoms with Crippen LogP contribution >= 0.6 is 0 Å². The van der Waals surface area contributed by atoms with Crippen molar-refractivity contribution in [1.29, 1.82) is 0 Å². The Balaban J connectivity index is 1.45. The Labute approximate surface area is 184 Å². The Morgan fingerprint density at radius 2 is 1.53 bits per heavy atom. The van der Waals surface area contributed by atoms with Crippen molar-refractivity contribution >= 4 is 22.4 Å². The van der Waals surface area contributed by atoms with E-state index in [2.05, 4.69) is 0 Å². The number of non-ortho nitro benzene ring substituents is 1. The molecule has 1 fully saturated rings. The summed E-state index contributed by atoms with van der Waals surface area (Å²) in [4.78, 5) is 25.5. The van der Waals surface area contributed by atoms with Gasteiger partial charge in [0.2, 0.25) is 6.10 Å². The molecule has 2 atom stereocenters. The summed E-state index contributed by atoms with van der Waals surface area (Å²) in [6, 6.07) is 29.4. The van der Waals surface area contributed by atoms with Gasteiger partial charge in [0.25, 0.3) is 11.6 Å². The number of hydrogen-bond donors (Lipinski definition) is 0. The van der Waals surface area contributed by atoms with Gasteiger partial charge in [-0.25, -0.2) is 0 Å². The number of nitrogens with zero attached hydrogens (tertiary/aromatic N) is 2. The minimum absolute atomic E-state index is 0.0148. The molecule has 1 saturated heterocycles. The number of nitro groups is 1. The van der Waals surface area contributed by atoms with Gasteiger partial charge in [-0.2, -0.15) is 0 Å². The number of likely N-dealkylation sites (tertiary alicyclic amines) is 1. The third kappa shape index (κ3) is 3.67. The Morgan fingerprint density at radius 1 is 0.844 bits per heavy atom. The number of benzene rings is 4. The molecule has 6 heteroatoms. The molecule has 0 N–H and O–H groups in total. The Hall–Kier alpha value is -4.19. The molecule has 32 heavy (non-hydrogen) atoms. The minimum atomic E-state index is -0.693. The Bertz CT molecular complexity index is 1290. The molecule has 158 valence electrons. The predicted octanol–water partition coefficient (Wildman–Crippen LogP) is 5.28. The number of ether oxygens (including phenoxy) is 1. The van der Waals surface area contributed by atoms with Gasteiger partial charge in [0.05, 0.1) is 4.92 Å². The highest BCUT2D eigenvalue weighted by molar-refractivity contribution is 5.90. The van der Waals surface area contributed by atoms with E-state index in [4.69, 9.17) is 4.74 Å². The average Bonchev–Trinajstić information content (AvgIpc) is 2.83. The lowest BCUT2D eigenvalue weighted by Crippen LogP contribution is -2.60. The molecule has 1 aliphatic heterocycles. The fourth-order valence-corrected chi connectivity index (χ4v) is 4.12. The van der Waals surface area contributed by atoms with Crippen LogP contribution in [0.15, 0.2) is 97.1 Å². The predicted molar refractivity (Wildman–Crippen MR) is 121 cm³/mol. The summed E-state index contributed by atoms with van der Waals surface area (Å²) < 4.78 is 6.16. The van der Waals surface area contributed by atoms with Gasteiger partial charge in [-0.05, 0) is 46.2 Å². The number of carbonyl (C=O) groups excluding carboxylic acids is 1. The van der Waals surface area contributed by atoms with Gasteiger partial charge in [0.1, 0.15) is 11.8 Å². The summed E-state index contributed by atoms with van der Waals surface area (Å²) in [5, 5.41) is 13.2. The van der Waals surface area contributed by atoms with E-state index in [9.17, 15) is 14.9 Å². The Morgan fingerprint density at radius 3 is 2.25 bits per heavy atom. The van der Waals surface area contributed by atoms with Crippen LogP contribution in [0.5, 0.6) is 5.75 Å². The van der Waals surface area contributed by atoms with Gasteiger partial charge in [-0.3, -0.25) is 14.9 Å². The van der Waals surface area contributed by atoms with Crippen LogP contribution in [0.1, 0.15) is 17.2 Å². The highest BCUT2D eigenvalue weighted by atomic mass is 16.6. The lowest BCUT2D eigenvalue weighted by molar-refractivity contribution is -0.384. The third-order valence-corrected chi connectivity index (χ3v) is 5.77. The van der Waals surface area contributed by atoms with Crippen molar-refractivity contribution in [2.45, 2.75) is 18.7 Å². The fourth-order valence-electron chi connectivity index (χ4n) is 4.12. The number of nitro benzene ring substituents is 1. The molecule has 4 aromatic carbocycles. The molecule has 5 rings (SSSR count). The van der Waals surface area contributed by atoms with E-state index in [-0.39, 0.29) is 17.6 Å². The number of rotatable bonds is 6. The van der Waals surface area contributed by atoms with Crippen LogP contribution < -0.4 is 4.74 Å². The Kier molecular flexibility index (Phi) is 5.03. The van der Waals surface area contributed by atoms with Crippen LogP contribution in [0, 0.1) is 10.1 Å². The van der Waals surface area contributed by atoms with Crippen molar-refractivity contribution in [1.82, 2.24) is 4.90 Å². The number of β-lactam (4-membered cyclic amide) rings is 1. The maximum atomic E-state index is 13.1. The second kappa shape index (κ2) is 8.15. The first-order chi connectivity index (χ1) is 15.6. The smallest absolute Gasteiger partial charge is 0.269 e. The normalized spacial score (nSPS) is 17.8. The van der Waals surface area contributed by atoms with Gasteiger partial charge in [0, 0.05) is 18.7 Å². The van der Waals surface area contributed by atoms with E-state index in [1.54, 1.807) is 17.0 Å². The summed E-state index contributed by atoms with van der Waals surface area (Å²) in [6.07, 6.45) is -0.693. The molecule has 2 unspecified atom stereocenters. The molecule has 0 aliphatic carbocycles. The van der Waals surface area contributed by atoms with Crippen LogP contribution in [-0.4, -0.2) is 21.8 Å². The highest BCUT2D eigenvalue weighted by Crippen LogP contribution is 2.39. The monoisotopic (exact) mass is 424 g/mol. The first kappa shape index (κ1) is 19.8. The van der Waals surface area contributed by atoms with E-state index in [1.165, 1.54) is 12.1 Å². The van der Waals surface area contributed by atoms with Gasteiger partial charge in [-0.1, -0.05) is 60.7 Å². The quantitative estimate of drug-likeness (QED) is 0.240. The lowest BCUT2D eigenvalue weighted by atomic mass is 9.89. The van der Waals surface area contributed by atoms with Crippen LogP contribution in [0.2, 0.25) is 0 Å². The molecule has 1 amide bonds. The summed E-state index contributed by atoms with van der Waals surface area (Å²) in [5.41, 5.74) is 1.83. The SMILES string of the molecule is O=C1C(Oc2ccc3ccccc3c2)C(c2ccc([N+](=O)[O-])cc2)N1Cc1ccccc1. The van der Waals surface area contributed by atoms with E-state index >= 15 is 0 Å².